The van der Waals surface area contributed by atoms with Crippen molar-refractivity contribution < 1.29 is 4.74 Å². The lowest BCUT2D eigenvalue weighted by Crippen LogP contribution is -2.55. The zero-order chi connectivity index (χ0) is 8.72. The summed E-state index contributed by atoms with van der Waals surface area (Å²) < 4.78 is 5.95. The van der Waals surface area contributed by atoms with Gasteiger partial charge in [0.2, 0.25) is 0 Å². The van der Waals surface area contributed by atoms with Crippen molar-refractivity contribution >= 4 is 0 Å². The monoisotopic (exact) mass is 169 g/mol. The zero-order valence-electron chi connectivity index (χ0n) is 8.29. The molecule has 3 rings (SSSR count). The van der Waals surface area contributed by atoms with Gasteiger partial charge in [0.05, 0.1) is 12.2 Å². The van der Waals surface area contributed by atoms with E-state index in [1.54, 1.807) is 0 Å². The molecule has 3 saturated heterocycles. The van der Waals surface area contributed by atoms with E-state index < -0.39 is 0 Å². The Balaban J connectivity index is 2.20. The molecule has 0 aromatic rings. The molecule has 3 heterocycles. The van der Waals surface area contributed by atoms with Crippen LogP contribution in [-0.2, 0) is 4.74 Å². The largest absolute Gasteiger partial charge is 0.372 e. The topological polar surface area (TPSA) is 12.5 Å². The summed E-state index contributed by atoms with van der Waals surface area (Å²) in [4.78, 5) is 2.51. The minimum Gasteiger partial charge on any atom is -0.372 e. The van der Waals surface area contributed by atoms with E-state index in [0.29, 0.717) is 24.3 Å². The maximum Gasteiger partial charge on any atom is 0.0732 e. The van der Waals surface area contributed by atoms with Gasteiger partial charge in [0, 0.05) is 12.1 Å². The Hall–Kier alpha value is -0.0800. The molecule has 2 bridgehead atoms. The first-order valence-corrected chi connectivity index (χ1v) is 5.07. The highest BCUT2D eigenvalue weighted by Gasteiger charge is 2.39. The van der Waals surface area contributed by atoms with Crippen LogP contribution in [0.1, 0.15) is 33.1 Å². The Morgan fingerprint density at radius 2 is 2.00 bits per heavy atom. The van der Waals surface area contributed by atoms with Crippen LogP contribution in [0.25, 0.3) is 0 Å². The van der Waals surface area contributed by atoms with Gasteiger partial charge in [-0.1, -0.05) is 0 Å². The molecule has 4 unspecified atom stereocenters. The van der Waals surface area contributed by atoms with Crippen molar-refractivity contribution in [3.63, 3.8) is 0 Å². The average Bonchev–Trinajstić information content (AvgIpc) is 2.29. The Kier molecular flexibility index (Phi) is 2.13. The van der Waals surface area contributed by atoms with Gasteiger partial charge in [-0.25, -0.2) is 0 Å². The van der Waals surface area contributed by atoms with Crippen LogP contribution in [0.5, 0.6) is 0 Å². The molecule has 0 amide bonds. The molecule has 0 aromatic carbocycles. The molecule has 0 N–H and O–H groups in total. The van der Waals surface area contributed by atoms with Crippen LogP contribution in [0, 0.1) is 0 Å². The molecular formula is C10H19NO. The number of likely N-dealkylation sites (N-methyl/N-ethyl adjacent to an activating group) is 1. The van der Waals surface area contributed by atoms with Gasteiger partial charge >= 0.3 is 0 Å². The summed E-state index contributed by atoms with van der Waals surface area (Å²) in [5.41, 5.74) is 0. The molecule has 2 nitrogen and oxygen atoms in total. The SMILES string of the molecule is CC1OC2CCCC1N(C)C2C. The van der Waals surface area contributed by atoms with Gasteiger partial charge in [0.15, 0.2) is 0 Å². The Morgan fingerprint density at radius 1 is 1.25 bits per heavy atom. The predicted octanol–water partition coefficient (Wildman–Crippen LogP) is 1.65. The molecule has 3 aliphatic heterocycles. The Labute approximate surface area is 74.9 Å². The number of nitrogens with zero attached hydrogens (tertiary/aromatic N) is 1. The number of ether oxygens (including phenoxy) is 1. The van der Waals surface area contributed by atoms with E-state index in [2.05, 4.69) is 25.8 Å². The Morgan fingerprint density at radius 3 is 2.75 bits per heavy atom. The number of hydrogen-bond donors (Lipinski definition) is 0. The number of rotatable bonds is 0. The fraction of sp³-hybridized carbons (Fsp3) is 1.00. The van der Waals surface area contributed by atoms with Crippen LogP contribution in [0.3, 0.4) is 0 Å². The van der Waals surface area contributed by atoms with E-state index in [1.807, 2.05) is 0 Å². The van der Waals surface area contributed by atoms with Gasteiger partial charge in [-0.2, -0.15) is 0 Å². The average molecular weight is 169 g/mol. The van der Waals surface area contributed by atoms with Crippen molar-refractivity contribution in [2.45, 2.75) is 57.4 Å². The van der Waals surface area contributed by atoms with Crippen LogP contribution < -0.4 is 0 Å². The van der Waals surface area contributed by atoms with Crippen molar-refractivity contribution in [3.05, 3.63) is 0 Å². The second-order valence-electron chi connectivity index (χ2n) is 4.28. The summed E-state index contributed by atoms with van der Waals surface area (Å²) in [6, 6.07) is 1.28. The van der Waals surface area contributed by atoms with Crippen molar-refractivity contribution in [3.8, 4) is 0 Å². The first-order chi connectivity index (χ1) is 5.70. The summed E-state index contributed by atoms with van der Waals surface area (Å²) in [5, 5.41) is 0. The fourth-order valence-electron chi connectivity index (χ4n) is 2.65. The highest BCUT2D eigenvalue weighted by molar-refractivity contribution is 4.92. The van der Waals surface area contributed by atoms with E-state index >= 15 is 0 Å². The van der Waals surface area contributed by atoms with Gasteiger partial charge in [-0.15, -0.1) is 0 Å². The maximum absolute atomic E-state index is 5.95. The third kappa shape index (κ3) is 1.17. The van der Waals surface area contributed by atoms with Gasteiger partial charge in [-0.05, 0) is 40.2 Å². The summed E-state index contributed by atoms with van der Waals surface area (Å²) in [6.07, 6.45) is 4.85. The van der Waals surface area contributed by atoms with Crippen molar-refractivity contribution in [1.29, 1.82) is 0 Å². The minimum atomic E-state index is 0.443. The lowest BCUT2D eigenvalue weighted by Gasteiger charge is -2.43. The molecule has 0 saturated carbocycles. The molecule has 3 fully saturated rings. The van der Waals surface area contributed by atoms with Gasteiger partial charge < -0.3 is 4.74 Å². The van der Waals surface area contributed by atoms with E-state index in [-0.39, 0.29) is 0 Å². The molecule has 70 valence electrons. The van der Waals surface area contributed by atoms with E-state index in [9.17, 15) is 0 Å². The lowest BCUT2D eigenvalue weighted by molar-refractivity contribution is -0.120. The fourth-order valence-corrected chi connectivity index (χ4v) is 2.65. The third-order valence-electron chi connectivity index (χ3n) is 3.62. The van der Waals surface area contributed by atoms with Crippen LogP contribution in [0.4, 0.5) is 0 Å². The van der Waals surface area contributed by atoms with Crippen LogP contribution in [-0.4, -0.2) is 36.2 Å². The normalized spacial score (nSPS) is 49.2. The van der Waals surface area contributed by atoms with Crippen LogP contribution >= 0.6 is 0 Å². The highest BCUT2D eigenvalue weighted by Crippen LogP contribution is 2.32. The van der Waals surface area contributed by atoms with Gasteiger partial charge in [0.1, 0.15) is 0 Å². The summed E-state index contributed by atoms with van der Waals surface area (Å²) in [6.45, 7) is 4.50. The second kappa shape index (κ2) is 3.00. The maximum atomic E-state index is 5.95. The van der Waals surface area contributed by atoms with Gasteiger partial charge in [0.25, 0.3) is 0 Å². The van der Waals surface area contributed by atoms with Gasteiger partial charge in [-0.3, -0.25) is 4.90 Å². The van der Waals surface area contributed by atoms with E-state index in [1.165, 1.54) is 19.3 Å². The van der Waals surface area contributed by atoms with Crippen LogP contribution in [0.15, 0.2) is 0 Å². The first-order valence-electron chi connectivity index (χ1n) is 5.07. The Bertz CT molecular complexity index is 169. The predicted molar refractivity (Wildman–Crippen MR) is 49.2 cm³/mol. The first kappa shape index (κ1) is 8.52. The number of hydrogen-bond acceptors (Lipinski definition) is 2. The van der Waals surface area contributed by atoms with Crippen molar-refractivity contribution in [2.24, 2.45) is 0 Å². The molecular weight excluding hydrogens is 150 g/mol. The smallest absolute Gasteiger partial charge is 0.0732 e. The van der Waals surface area contributed by atoms with E-state index in [4.69, 9.17) is 4.74 Å². The summed E-state index contributed by atoms with van der Waals surface area (Å²) in [5.74, 6) is 0. The second-order valence-corrected chi connectivity index (χ2v) is 4.28. The highest BCUT2D eigenvalue weighted by atomic mass is 16.5. The molecule has 3 aliphatic rings. The number of morpholine rings is 1. The van der Waals surface area contributed by atoms with Crippen molar-refractivity contribution in [2.75, 3.05) is 7.05 Å². The summed E-state index contributed by atoms with van der Waals surface area (Å²) in [7, 11) is 2.24. The standard InChI is InChI=1S/C10H19NO/c1-7-10-6-4-5-9(11(7)3)8(2)12-10/h7-10H,4-6H2,1-3H3. The molecule has 4 atom stereocenters. The molecule has 0 radical (unpaired) electrons. The zero-order valence-corrected chi connectivity index (χ0v) is 8.29. The molecule has 2 heteroatoms. The molecule has 0 aromatic heterocycles. The quantitative estimate of drug-likeness (QED) is 0.546. The van der Waals surface area contributed by atoms with Crippen LogP contribution in [0.2, 0.25) is 0 Å². The molecule has 12 heavy (non-hydrogen) atoms. The molecule has 0 spiro atoms. The minimum absolute atomic E-state index is 0.443. The molecule has 0 aliphatic carbocycles. The van der Waals surface area contributed by atoms with E-state index in [0.717, 1.165) is 0 Å². The van der Waals surface area contributed by atoms with Crippen molar-refractivity contribution in [1.82, 2.24) is 4.90 Å². The number of fused-ring (bicyclic) bond motifs is 4. The third-order valence-corrected chi connectivity index (χ3v) is 3.62. The summed E-state index contributed by atoms with van der Waals surface area (Å²) >= 11 is 0. The lowest BCUT2D eigenvalue weighted by atomic mass is 10.0.